The van der Waals surface area contributed by atoms with Gasteiger partial charge < -0.3 is 19.4 Å². The van der Waals surface area contributed by atoms with E-state index < -0.39 is 18.1 Å². The number of benzene rings is 1. The Morgan fingerprint density at radius 1 is 1.43 bits per heavy atom. The molecule has 0 bridgehead atoms. The molecular weight excluding hydrogens is 370 g/mol. The first-order valence-corrected chi connectivity index (χ1v) is 7.60. The number of hydrogen-bond donors (Lipinski definition) is 1. The molecule has 0 aromatic heterocycles. The van der Waals surface area contributed by atoms with E-state index >= 15 is 0 Å². The molecule has 0 saturated carbocycles. The molecule has 0 saturated heterocycles. The van der Waals surface area contributed by atoms with Gasteiger partial charge in [-0.15, -0.1) is 0 Å². The van der Waals surface area contributed by atoms with Crippen LogP contribution in [-0.2, 0) is 20.7 Å². The molecule has 1 aromatic carbocycles. The number of amides is 1. The summed E-state index contributed by atoms with van der Waals surface area (Å²) in [5.74, 6) is -0.441. The van der Waals surface area contributed by atoms with Gasteiger partial charge in [-0.2, -0.15) is 0 Å². The molecule has 2 rings (SSSR count). The van der Waals surface area contributed by atoms with Crippen molar-refractivity contribution in [1.82, 2.24) is 4.90 Å². The first kappa shape index (κ1) is 19.0. The Morgan fingerprint density at radius 3 is 2.61 bits per heavy atom. The molecule has 0 spiro atoms. The van der Waals surface area contributed by atoms with Gasteiger partial charge in [-0.05, 0) is 52.5 Å². The van der Waals surface area contributed by atoms with E-state index in [0.717, 1.165) is 5.56 Å². The predicted molar refractivity (Wildman–Crippen MR) is 85.6 cm³/mol. The lowest BCUT2D eigenvalue weighted by Gasteiger charge is -2.34. The van der Waals surface area contributed by atoms with E-state index in [0.29, 0.717) is 28.8 Å². The number of halogens is 1. The van der Waals surface area contributed by atoms with Crippen molar-refractivity contribution in [2.24, 2.45) is 0 Å². The highest BCUT2D eigenvalue weighted by Gasteiger charge is 2.37. The van der Waals surface area contributed by atoms with Crippen LogP contribution < -0.4 is 4.74 Å². The lowest BCUT2D eigenvalue weighted by atomic mass is 9.92. The second-order valence-electron chi connectivity index (χ2n) is 4.57. The number of carboxylic acid groups (broad SMARTS) is 1. The Balaban J connectivity index is 0.00000127. The fourth-order valence-electron chi connectivity index (χ4n) is 2.45. The highest BCUT2D eigenvalue weighted by atomic mass is 79.9. The van der Waals surface area contributed by atoms with Gasteiger partial charge in [0.2, 0.25) is 0 Å². The Kier molecular flexibility index (Phi) is 7.02. The standard InChI is InChI=1S/C14H16BrNO5.CH2O/c1-3-21-14(19)16-5-4-8-6-11(20-2)10(15)7-9(8)12(16)13(17)18;1-2/h6-7,12H,3-5H2,1-2H3,(H,17,18);1H2. The average Bonchev–Trinajstić information content (AvgIpc) is 2.54. The smallest absolute Gasteiger partial charge is 0.410 e. The van der Waals surface area contributed by atoms with Gasteiger partial charge in [-0.25, -0.2) is 9.59 Å². The Labute approximate surface area is 142 Å². The van der Waals surface area contributed by atoms with E-state index in [9.17, 15) is 14.7 Å². The van der Waals surface area contributed by atoms with E-state index in [1.54, 1.807) is 26.2 Å². The Bertz CT molecular complexity index is 592. The molecule has 0 radical (unpaired) electrons. The number of rotatable bonds is 3. The summed E-state index contributed by atoms with van der Waals surface area (Å²) in [6.07, 6.45) is -0.0517. The summed E-state index contributed by atoms with van der Waals surface area (Å²) < 4.78 is 10.8. The van der Waals surface area contributed by atoms with E-state index in [1.165, 1.54) is 4.90 Å². The number of nitrogens with zero attached hydrogens (tertiary/aromatic N) is 1. The molecular formula is C15H18BrNO6. The number of methoxy groups -OCH3 is 1. The maximum Gasteiger partial charge on any atom is 0.410 e. The minimum absolute atomic E-state index is 0.209. The number of fused-ring (bicyclic) bond motifs is 1. The van der Waals surface area contributed by atoms with Crippen molar-refractivity contribution in [3.63, 3.8) is 0 Å². The number of carbonyl (C=O) groups excluding carboxylic acids is 2. The van der Waals surface area contributed by atoms with Crippen LogP contribution in [0.25, 0.3) is 0 Å². The summed E-state index contributed by atoms with van der Waals surface area (Å²) in [5, 5.41) is 9.49. The zero-order valence-electron chi connectivity index (χ0n) is 12.9. The summed E-state index contributed by atoms with van der Waals surface area (Å²) in [7, 11) is 1.55. The molecule has 1 N–H and O–H groups in total. The summed E-state index contributed by atoms with van der Waals surface area (Å²) in [6, 6.07) is 2.45. The maximum atomic E-state index is 11.9. The molecule has 1 aliphatic heterocycles. The van der Waals surface area contributed by atoms with Gasteiger partial charge in [-0.1, -0.05) is 0 Å². The molecule has 0 fully saturated rings. The van der Waals surface area contributed by atoms with Crippen LogP contribution in [0.4, 0.5) is 4.79 Å². The largest absolute Gasteiger partial charge is 0.496 e. The van der Waals surface area contributed by atoms with Gasteiger partial charge in [0, 0.05) is 6.54 Å². The van der Waals surface area contributed by atoms with Gasteiger partial charge in [0.1, 0.15) is 12.5 Å². The second kappa shape index (κ2) is 8.52. The molecule has 7 nitrogen and oxygen atoms in total. The van der Waals surface area contributed by atoms with Crippen LogP contribution in [0, 0.1) is 0 Å². The third kappa shape index (κ3) is 4.01. The van der Waals surface area contributed by atoms with Crippen molar-refractivity contribution in [1.29, 1.82) is 0 Å². The molecule has 1 aromatic rings. The van der Waals surface area contributed by atoms with Crippen molar-refractivity contribution in [2.75, 3.05) is 20.3 Å². The first-order chi connectivity index (χ1) is 11.0. The van der Waals surface area contributed by atoms with Crippen molar-refractivity contribution in [3.05, 3.63) is 27.7 Å². The number of aliphatic carboxylic acids is 1. The van der Waals surface area contributed by atoms with Crippen LogP contribution in [0.2, 0.25) is 0 Å². The van der Waals surface area contributed by atoms with Crippen LogP contribution in [0.1, 0.15) is 24.1 Å². The van der Waals surface area contributed by atoms with Gasteiger partial charge in [-0.3, -0.25) is 4.90 Å². The molecule has 0 aliphatic carbocycles. The molecule has 1 unspecified atom stereocenters. The fraction of sp³-hybridized carbons (Fsp3) is 0.400. The lowest BCUT2D eigenvalue weighted by Crippen LogP contribution is -2.43. The van der Waals surface area contributed by atoms with Crippen LogP contribution in [0.5, 0.6) is 5.75 Å². The quantitative estimate of drug-likeness (QED) is 0.855. The van der Waals surface area contributed by atoms with Crippen LogP contribution in [-0.4, -0.2) is 49.1 Å². The predicted octanol–water partition coefficient (Wildman–Crippen LogP) is 2.41. The minimum Gasteiger partial charge on any atom is -0.496 e. The maximum absolute atomic E-state index is 11.9. The summed E-state index contributed by atoms with van der Waals surface area (Å²) in [4.78, 5) is 32.8. The van der Waals surface area contributed by atoms with Crippen LogP contribution in [0.3, 0.4) is 0 Å². The number of carboxylic acids is 1. The van der Waals surface area contributed by atoms with E-state index in [1.807, 2.05) is 6.79 Å². The van der Waals surface area contributed by atoms with Crippen molar-refractivity contribution < 1.29 is 29.0 Å². The van der Waals surface area contributed by atoms with E-state index in [2.05, 4.69) is 15.9 Å². The molecule has 1 heterocycles. The third-order valence-electron chi connectivity index (χ3n) is 3.38. The Hall–Kier alpha value is -2.09. The molecule has 23 heavy (non-hydrogen) atoms. The first-order valence-electron chi connectivity index (χ1n) is 6.81. The highest BCUT2D eigenvalue weighted by Crippen LogP contribution is 2.37. The number of carbonyl (C=O) groups is 3. The molecule has 8 heteroatoms. The molecule has 1 atom stereocenters. The van der Waals surface area contributed by atoms with Crippen molar-refractivity contribution in [3.8, 4) is 5.75 Å². The third-order valence-corrected chi connectivity index (χ3v) is 4.00. The molecule has 126 valence electrons. The van der Waals surface area contributed by atoms with Crippen molar-refractivity contribution >= 4 is 34.8 Å². The normalized spacial score (nSPS) is 15.8. The van der Waals surface area contributed by atoms with Gasteiger partial charge in [0.25, 0.3) is 0 Å². The number of hydrogen-bond acceptors (Lipinski definition) is 5. The highest BCUT2D eigenvalue weighted by molar-refractivity contribution is 9.10. The Morgan fingerprint density at radius 2 is 2.09 bits per heavy atom. The van der Waals surface area contributed by atoms with Crippen molar-refractivity contribution in [2.45, 2.75) is 19.4 Å². The number of ether oxygens (including phenoxy) is 2. The zero-order chi connectivity index (χ0) is 17.6. The summed E-state index contributed by atoms with van der Waals surface area (Å²) >= 11 is 3.35. The topological polar surface area (TPSA) is 93.1 Å². The summed E-state index contributed by atoms with van der Waals surface area (Å²) in [5.41, 5.74) is 1.44. The molecule has 1 amide bonds. The van der Waals surface area contributed by atoms with Gasteiger partial charge in [0.05, 0.1) is 18.2 Å². The summed E-state index contributed by atoms with van der Waals surface area (Å²) in [6.45, 7) is 4.20. The SMILES string of the molecule is C=O.CCOC(=O)N1CCc2cc(OC)c(Br)cc2C1C(=O)O. The van der Waals surface area contributed by atoms with Crippen LogP contribution in [0.15, 0.2) is 16.6 Å². The lowest BCUT2D eigenvalue weighted by molar-refractivity contribution is -0.143. The average molecular weight is 388 g/mol. The van der Waals surface area contributed by atoms with Gasteiger partial charge >= 0.3 is 12.1 Å². The van der Waals surface area contributed by atoms with Gasteiger partial charge in [0.15, 0.2) is 6.04 Å². The minimum atomic E-state index is -1.08. The fourth-order valence-corrected chi connectivity index (χ4v) is 2.97. The van der Waals surface area contributed by atoms with E-state index in [-0.39, 0.29) is 6.61 Å². The van der Waals surface area contributed by atoms with Crippen LogP contribution >= 0.6 is 15.9 Å². The molecule has 1 aliphatic rings. The zero-order valence-corrected chi connectivity index (χ0v) is 14.5. The second-order valence-corrected chi connectivity index (χ2v) is 5.42. The van der Waals surface area contributed by atoms with E-state index in [4.69, 9.17) is 14.3 Å². The monoisotopic (exact) mass is 387 g/mol.